The molecule has 7 nitrogen and oxygen atoms in total. The summed E-state index contributed by atoms with van der Waals surface area (Å²) in [7, 11) is 0. The molecule has 0 unspecified atom stereocenters. The number of carboxylic acids is 1. The van der Waals surface area contributed by atoms with Gasteiger partial charge in [-0.25, -0.2) is 9.97 Å². The Hall–Kier alpha value is -2.96. The smallest absolute Gasteiger partial charge is 0.309 e. The van der Waals surface area contributed by atoms with Crippen molar-refractivity contribution >= 4 is 17.7 Å². The maximum atomic E-state index is 11.8. The lowest BCUT2D eigenvalue weighted by Gasteiger charge is -2.42. The van der Waals surface area contributed by atoms with E-state index in [1.807, 2.05) is 43.3 Å². The van der Waals surface area contributed by atoms with Crippen molar-refractivity contribution in [1.82, 2.24) is 15.3 Å². The first-order valence-corrected chi connectivity index (χ1v) is 9.17. The fourth-order valence-electron chi connectivity index (χ4n) is 4.16. The van der Waals surface area contributed by atoms with E-state index in [0.717, 1.165) is 17.1 Å². The third-order valence-electron chi connectivity index (χ3n) is 5.60. The Morgan fingerprint density at radius 2 is 1.93 bits per heavy atom. The van der Waals surface area contributed by atoms with E-state index in [2.05, 4.69) is 15.2 Å². The molecule has 0 bridgehead atoms. The number of hydrogen-bond donors (Lipinski definition) is 2. The van der Waals surface area contributed by atoms with Crippen LogP contribution in [0.3, 0.4) is 0 Å². The van der Waals surface area contributed by atoms with Crippen LogP contribution in [0, 0.1) is 12.8 Å². The van der Waals surface area contributed by atoms with E-state index >= 15 is 0 Å². The summed E-state index contributed by atoms with van der Waals surface area (Å²) in [5, 5.41) is 12.4. The molecule has 27 heavy (non-hydrogen) atoms. The van der Waals surface area contributed by atoms with E-state index in [0.29, 0.717) is 31.8 Å². The highest BCUT2D eigenvalue weighted by atomic mass is 16.4. The Kier molecular flexibility index (Phi) is 4.30. The maximum absolute atomic E-state index is 11.8. The molecule has 3 heterocycles. The molecule has 140 valence electrons. The Morgan fingerprint density at radius 1 is 1.22 bits per heavy atom. The topological polar surface area (TPSA) is 95.4 Å². The van der Waals surface area contributed by atoms with Gasteiger partial charge < -0.3 is 15.3 Å². The number of rotatable bonds is 3. The fraction of sp³-hybridized carbons (Fsp3) is 0.400. The predicted octanol–water partition coefficient (Wildman–Crippen LogP) is 2.01. The van der Waals surface area contributed by atoms with Crippen LogP contribution in [0.4, 0.5) is 5.82 Å². The number of nitrogens with one attached hydrogen (secondary N) is 1. The highest BCUT2D eigenvalue weighted by Gasteiger charge is 2.51. The summed E-state index contributed by atoms with van der Waals surface area (Å²) in [4.78, 5) is 34.8. The number of aryl methyl sites for hydroxylation is 1. The van der Waals surface area contributed by atoms with Crippen LogP contribution in [0.1, 0.15) is 25.0 Å². The van der Waals surface area contributed by atoms with Crippen molar-refractivity contribution in [1.29, 1.82) is 0 Å². The summed E-state index contributed by atoms with van der Waals surface area (Å²) in [5.74, 6) is -0.193. The standard InChI is InChI=1S/C20H22N4O3/c1-13-11-16(22-18(21-13)14-5-3-2-4-6-14)24-9-7-20(8-10-24)15(19(26)27)12-17(25)23-20/h2-6,11,15H,7-10,12H2,1H3,(H,23,25)(H,26,27)/t15-/m0/s1. The lowest BCUT2D eigenvalue weighted by Crippen LogP contribution is -2.55. The largest absolute Gasteiger partial charge is 0.481 e. The Bertz CT molecular complexity index is 876. The fourth-order valence-corrected chi connectivity index (χ4v) is 4.16. The van der Waals surface area contributed by atoms with Crippen LogP contribution in [0.5, 0.6) is 0 Å². The van der Waals surface area contributed by atoms with Crippen LogP contribution in [0.25, 0.3) is 11.4 Å². The molecule has 1 aromatic carbocycles. The zero-order valence-electron chi connectivity index (χ0n) is 15.2. The maximum Gasteiger partial charge on any atom is 0.309 e. The van der Waals surface area contributed by atoms with Gasteiger partial charge in [0.05, 0.1) is 11.5 Å². The molecule has 4 rings (SSSR count). The monoisotopic (exact) mass is 366 g/mol. The zero-order chi connectivity index (χ0) is 19.0. The molecule has 2 saturated heterocycles. The summed E-state index contributed by atoms with van der Waals surface area (Å²) >= 11 is 0. The van der Waals surface area contributed by atoms with Gasteiger partial charge in [-0.15, -0.1) is 0 Å². The average Bonchev–Trinajstić information content (AvgIpc) is 2.98. The Balaban J connectivity index is 1.56. The van der Waals surface area contributed by atoms with Gasteiger partial charge in [0.25, 0.3) is 0 Å². The van der Waals surface area contributed by atoms with Crippen molar-refractivity contribution in [2.24, 2.45) is 5.92 Å². The molecule has 2 aliphatic heterocycles. The Morgan fingerprint density at radius 3 is 2.59 bits per heavy atom. The molecule has 2 aliphatic rings. The van der Waals surface area contributed by atoms with Crippen LogP contribution >= 0.6 is 0 Å². The van der Waals surface area contributed by atoms with Crippen LogP contribution in [0.15, 0.2) is 36.4 Å². The first kappa shape index (κ1) is 17.5. The summed E-state index contributed by atoms with van der Waals surface area (Å²) in [6.07, 6.45) is 1.26. The van der Waals surface area contributed by atoms with Crippen LogP contribution in [0.2, 0.25) is 0 Å². The molecule has 2 N–H and O–H groups in total. The minimum Gasteiger partial charge on any atom is -0.481 e. The lowest BCUT2D eigenvalue weighted by molar-refractivity contribution is -0.144. The number of aliphatic carboxylic acids is 1. The number of hydrogen-bond acceptors (Lipinski definition) is 5. The number of amides is 1. The SMILES string of the molecule is Cc1cc(N2CCC3(CC2)NC(=O)C[C@H]3C(=O)O)nc(-c2ccccc2)n1. The van der Waals surface area contributed by atoms with Gasteiger partial charge in [0, 0.05) is 36.8 Å². The molecule has 0 radical (unpaired) electrons. The van der Waals surface area contributed by atoms with Gasteiger partial charge in [0.1, 0.15) is 5.82 Å². The number of carboxylic acid groups (broad SMARTS) is 1. The van der Waals surface area contributed by atoms with E-state index in [1.54, 1.807) is 0 Å². The quantitative estimate of drug-likeness (QED) is 0.863. The summed E-state index contributed by atoms with van der Waals surface area (Å²) in [6, 6.07) is 11.8. The first-order chi connectivity index (χ1) is 13.0. The van der Waals surface area contributed by atoms with Crippen LogP contribution < -0.4 is 10.2 Å². The molecule has 2 fully saturated rings. The second kappa shape index (κ2) is 6.64. The summed E-state index contributed by atoms with van der Waals surface area (Å²) in [6.45, 7) is 3.24. The third kappa shape index (κ3) is 3.25. The number of carbonyl (C=O) groups is 2. The summed E-state index contributed by atoms with van der Waals surface area (Å²) < 4.78 is 0. The second-order valence-electron chi connectivity index (χ2n) is 7.34. The van der Waals surface area contributed by atoms with E-state index in [4.69, 9.17) is 4.98 Å². The zero-order valence-corrected chi connectivity index (χ0v) is 15.2. The van der Waals surface area contributed by atoms with Crippen molar-refractivity contribution in [3.05, 3.63) is 42.1 Å². The molecular weight excluding hydrogens is 344 g/mol. The highest BCUT2D eigenvalue weighted by Crippen LogP contribution is 2.38. The van der Waals surface area contributed by atoms with Crippen molar-refractivity contribution < 1.29 is 14.7 Å². The van der Waals surface area contributed by atoms with Crippen molar-refractivity contribution in [2.45, 2.75) is 31.7 Å². The summed E-state index contributed by atoms with van der Waals surface area (Å²) in [5.41, 5.74) is 1.21. The van der Waals surface area contributed by atoms with E-state index in [-0.39, 0.29) is 12.3 Å². The second-order valence-corrected chi connectivity index (χ2v) is 7.34. The number of benzene rings is 1. The number of aromatic nitrogens is 2. The predicted molar refractivity (Wildman–Crippen MR) is 100 cm³/mol. The number of carbonyl (C=O) groups excluding carboxylic acids is 1. The van der Waals surface area contributed by atoms with Gasteiger partial charge in [0.15, 0.2) is 5.82 Å². The average molecular weight is 366 g/mol. The number of nitrogens with zero attached hydrogens (tertiary/aromatic N) is 3. The molecule has 1 amide bonds. The minimum absolute atomic E-state index is 0.0695. The van der Waals surface area contributed by atoms with E-state index in [9.17, 15) is 14.7 Å². The lowest BCUT2D eigenvalue weighted by atomic mass is 9.78. The first-order valence-electron chi connectivity index (χ1n) is 9.17. The molecule has 0 saturated carbocycles. The third-order valence-corrected chi connectivity index (χ3v) is 5.60. The van der Waals surface area contributed by atoms with E-state index < -0.39 is 17.4 Å². The van der Waals surface area contributed by atoms with Gasteiger partial charge in [-0.05, 0) is 19.8 Å². The molecule has 2 aromatic rings. The molecule has 0 aliphatic carbocycles. The van der Waals surface area contributed by atoms with Crippen LogP contribution in [-0.2, 0) is 9.59 Å². The van der Waals surface area contributed by atoms with Gasteiger partial charge in [-0.3, -0.25) is 9.59 Å². The molecule has 1 aromatic heterocycles. The number of piperidine rings is 1. The van der Waals surface area contributed by atoms with Gasteiger partial charge in [-0.1, -0.05) is 30.3 Å². The Labute approximate surface area is 157 Å². The minimum atomic E-state index is -0.897. The normalized spacial score (nSPS) is 21.3. The van der Waals surface area contributed by atoms with Gasteiger partial charge >= 0.3 is 5.97 Å². The van der Waals surface area contributed by atoms with Crippen molar-refractivity contribution in [3.63, 3.8) is 0 Å². The van der Waals surface area contributed by atoms with Crippen molar-refractivity contribution in [2.75, 3.05) is 18.0 Å². The highest BCUT2D eigenvalue weighted by molar-refractivity contribution is 5.88. The number of anilines is 1. The molecular formula is C20H22N4O3. The van der Waals surface area contributed by atoms with Crippen LogP contribution in [-0.4, -0.2) is 45.6 Å². The molecule has 1 atom stereocenters. The van der Waals surface area contributed by atoms with Crippen molar-refractivity contribution in [3.8, 4) is 11.4 Å². The van der Waals surface area contributed by atoms with Gasteiger partial charge in [-0.2, -0.15) is 0 Å². The van der Waals surface area contributed by atoms with E-state index in [1.165, 1.54) is 0 Å². The molecule has 7 heteroatoms. The van der Waals surface area contributed by atoms with Gasteiger partial charge in [0.2, 0.25) is 5.91 Å². The molecule has 1 spiro atoms.